The summed E-state index contributed by atoms with van der Waals surface area (Å²) in [5.41, 5.74) is 0.562. The molecule has 0 radical (unpaired) electrons. The molecule has 1 aromatic heterocycles. The van der Waals surface area contributed by atoms with Crippen LogP contribution in [0.1, 0.15) is 17.4 Å². The Labute approximate surface area is 142 Å². The van der Waals surface area contributed by atoms with Crippen LogP contribution in [0.4, 0.5) is 14.3 Å². The number of nitrogens with zero attached hydrogens (tertiary/aromatic N) is 2. The summed E-state index contributed by atoms with van der Waals surface area (Å²) in [6.45, 7) is 1.62. The molecular formula is C16H18FN3O3S. The largest absolute Gasteiger partial charge is 0.481 e. The van der Waals surface area contributed by atoms with Gasteiger partial charge in [0.1, 0.15) is 5.82 Å². The fourth-order valence-corrected chi connectivity index (χ4v) is 2.86. The number of carbonyl (C=O) groups is 2. The van der Waals surface area contributed by atoms with Crippen LogP contribution in [0.3, 0.4) is 0 Å². The topological polar surface area (TPSA) is 82.5 Å². The van der Waals surface area contributed by atoms with Crippen molar-refractivity contribution in [2.45, 2.75) is 13.3 Å². The molecule has 6 nitrogen and oxygen atoms in total. The second-order valence-electron chi connectivity index (χ2n) is 5.45. The van der Waals surface area contributed by atoms with E-state index in [9.17, 15) is 14.0 Å². The third-order valence-electron chi connectivity index (χ3n) is 3.41. The molecule has 1 unspecified atom stereocenters. The van der Waals surface area contributed by atoms with Crippen molar-refractivity contribution in [3.63, 3.8) is 0 Å². The molecule has 8 heteroatoms. The molecule has 0 bridgehead atoms. The first-order chi connectivity index (χ1) is 11.4. The van der Waals surface area contributed by atoms with E-state index in [0.29, 0.717) is 17.1 Å². The van der Waals surface area contributed by atoms with Crippen molar-refractivity contribution in [1.29, 1.82) is 0 Å². The lowest BCUT2D eigenvalue weighted by Gasteiger charge is -2.19. The number of hydrogen-bond donors (Lipinski definition) is 2. The standard InChI is InChI=1S/C16H18FN3O3S/c1-10(14(21)22)9-20(2)16(23)19-15-18-8-12(24-15)7-11-5-3-4-6-13(11)17/h3-6,8,10H,7,9H2,1-2H3,(H,21,22)(H,18,19,23). The Bertz CT molecular complexity index is 735. The maximum atomic E-state index is 13.6. The van der Waals surface area contributed by atoms with Crippen LogP contribution in [0.2, 0.25) is 0 Å². The lowest BCUT2D eigenvalue weighted by Crippen LogP contribution is -2.36. The van der Waals surface area contributed by atoms with E-state index < -0.39 is 17.9 Å². The van der Waals surface area contributed by atoms with Gasteiger partial charge in [-0.05, 0) is 11.6 Å². The lowest BCUT2D eigenvalue weighted by atomic mass is 10.1. The molecule has 0 saturated heterocycles. The van der Waals surface area contributed by atoms with Gasteiger partial charge in [-0.2, -0.15) is 0 Å². The van der Waals surface area contributed by atoms with Gasteiger partial charge in [0.15, 0.2) is 5.13 Å². The number of carboxylic acid groups (broad SMARTS) is 1. The minimum Gasteiger partial charge on any atom is -0.481 e. The zero-order valence-corrected chi connectivity index (χ0v) is 14.1. The Morgan fingerprint density at radius 2 is 2.12 bits per heavy atom. The number of hydrogen-bond acceptors (Lipinski definition) is 4. The molecule has 0 aliphatic heterocycles. The smallest absolute Gasteiger partial charge is 0.323 e. The van der Waals surface area contributed by atoms with Gasteiger partial charge in [-0.3, -0.25) is 10.1 Å². The summed E-state index contributed by atoms with van der Waals surface area (Å²) in [4.78, 5) is 29.0. The molecule has 1 atom stereocenters. The number of carboxylic acids is 1. The van der Waals surface area contributed by atoms with Crippen molar-refractivity contribution in [3.8, 4) is 0 Å². The molecule has 0 aliphatic rings. The van der Waals surface area contributed by atoms with E-state index in [1.165, 1.54) is 36.3 Å². The van der Waals surface area contributed by atoms with Gasteiger partial charge in [0.2, 0.25) is 0 Å². The summed E-state index contributed by atoms with van der Waals surface area (Å²) >= 11 is 1.25. The molecule has 1 aromatic carbocycles. The first-order valence-electron chi connectivity index (χ1n) is 7.30. The van der Waals surface area contributed by atoms with Gasteiger partial charge >= 0.3 is 12.0 Å². The van der Waals surface area contributed by atoms with Gasteiger partial charge in [-0.15, -0.1) is 11.3 Å². The van der Waals surface area contributed by atoms with Crippen LogP contribution in [0.15, 0.2) is 30.5 Å². The van der Waals surface area contributed by atoms with Crippen LogP contribution in [-0.2, 0) is 11.2 Å². The highest BCUT2D eigenvalue weighted by Gasteiger charge is 2.18. The molecule has 2 aromatic rings. The summed E-state index contributed by atoms with van der Waals surface area (Å²) in [7, 11) is 1.52. The number of amides is 2. The molecular weight excluding hydrogens is 333 g/mol. The molecule has 1 heterocycles. The summed E-state index contributed by atoms with van der Waals surface area (Å²) in [6, 6.07) is 6.06. The first-order valence-corrected chi connectivity index (χ1v) is 8.11. The number of thiazole rings is 1. The van der Waals surface area contributed by atoms with Gasteiger partial charge in [-0.1, -0.05) is 25.1 Å². The quantitative estimate of drug-likeness (QED) is 0.838. The van der Waals surface area contributed by atoms with Crippen LogP contribution in [0.25, 0.3) is 0 Å². The van der Waals surface area contributed by atoms with Crippen LogP contribution in [0, 0.1) is 11.7 Å². The Morgan fingerprint density at radius 3 is 2.79 bits per heavy atom. The number of halogens is 1. The van der Waals surface area contributed by atoms with E-state index in [1.807, 2.05) is 0 Å². The van der Waals surface area contributed by atoms with Crippen molar-refractivity contribution in [1.82, 2.24) is 9.88 Å². The summed E-state index contributed by atoms with van der Waals surface area (Å²) in [6.07, 6.45) is 1.98. The number of carbonyl (C=O) groups excluding carboxylic acids is 1. The molecule has 2 rings (SSSR count). The third-order valence-corrected chi connectivity index (χ3v) is 4.32. The molecule has 0 fully saturated rings. The van der Waals surface area contributed by atoms with E-state index in [4.69, 9.17) is 5.11 Å². The number of nitrogens with one attached hydrogen (secondary N) is 1. The maximum absolute atomic E-state index is 13.6. The van der Waals surface area contributed by atoms with Gasteiger partial charge in [0.25, 0.3) is 0 Å². The van der Waals surface area contributed by atoms with Crippen molar-refractivity contribution in [2.75, 3.05) is 18.9 Å². The van der Waals surface area contributed by atoms with Crippen LogP contribution in [0.5, 0.6) is 0 Å². The fraction of sp³-hybridized carbons (Fsp3) is 0.312. The zero-order valence-electron chi connectivity index (χ0n) is 13.3. The average Bonchev–Trinajstić information content (AvgIpc) is 2.96. The minimum absolute atomic E-state index is 0.0919. The second-order valence-corrected chi connectivity index (χ2v) is 6.57. The lowest BCUT2D eigenvalue weighted by molar-refractivity contribution is -0.141. The number of benzene rings is 1. The van der Waals surface area contributed by atoms with Gasteiger partial charge in [0.05, 0.1) is 5.92 Å². The van der Waals surface area contributed by atoms with E-state index in [1.54, 1.807) is 24.4 Å². The van der Waals surface area contributed by atoms with Crippen molar-refractivity contribution in [3.05, 3.63) is 46.7 Å². The number of anilines is 1. The minimum atomic E-state index is -0.962. The van der Waals surface area contributed by atoms with Crippen molar-refractivity contribution < 1.29 is 19.1 Å². The fourth-order valence-electron chi connectivity index (χ4n) is 2.04. The Hall–Kier alpha value is -2.48. The number of urea groups is 1. The predicted molar refractivity (Wildman–Crippen MR) is 89.8 cm³/mol. The van der Waals surface area contributed by atoms with Crippen molar-refractivity contribution in [2.24, 2.45) is 5.92 Å². The Balaban J connectivity index is 1.95. The highest BCUT2D eigenvalue weighted by atomic mass is 32.1. The van der Waals surface area contributed by atoms with E-state index in [-0.39, 0.29) is 12.4 Å². The number of aromatic nitrogens is 1. The van der Waals surface area contributed by atoms with Crippen LogP contribution in [-0.4, -0.2) is 40.6 Å². The van der Waals surface area contributed by atoms with Gasteiger partial charge in [0, 0.05) is 31.1 Å². The normalized spacial score (nSPS) is 11.8. The second kappa shape index (κ2) is 7.87. The Kier molecular flexibility index (Phi) is 5.86. The summed E-state index contributed by atoms with van der Waals surface area (Å²) in [5.74, 6) is -1.90. The molecule has 2 N–H and O–H groups in total. The maximum Gasteiger partial charge on any atom is 0.323 e. The molecule has 24 heavy (non-hydrogen) atoms. The average molecular weight is 351 g/mol. The van der Waals surface area contributed by atoms with Gasteiger partial charge < -0.3 is 10.0 Å². The zero-order chi connectivity index (χ0) is 17.7. The van der Waals surface area contributed by atoms with Crippen LogP contribution < -0.4 is 5.32 Å². The van der Waals surface area contributed by atoms with Crippen LogP contribution >= 0.6 is 11.3 Å². The van der Waals surface area contributed by atoms with E-state index in [2.05, 4.69) is 10.3 Å². The molecule has 0 aliphatic carbocycles. The number of rotatable bonds is 6. The Morgan fingerprint density at radius 1 is 1.42 bits per heavy atom. The highest BCUT2D eigenvalue weighted by Crippen LogP contribution is 2.22. The third kappa shape index (κ3) is 4.76. The molecule has 2 amide bonds. The predicted octanol–water partition coefficient (Wildman–Crippen LogP) is 3.06. The molecule has 0 spiro atoms. The monoisotopic (exact) mass is 351 g/mol. The van der Waals surface area contributed by atoms with E-state index in [0.717, 1.165) is 4.88 Å². The molecule has 128 valence electrons. The van der Waals surface area contributed by atoms with Gasteiger partial charge in [-0.25, -0.2) is 14.2 Å². The highest BCUT2D eigenvalue weighted by molar-refractivity contribution is 7.15. The number of aliphatic carboxylic acids is 1. The van der Waals surface area contributed by atoms with E-state index >= 15 is 0 Å². The summed E-state index contributed by atoms with van der Waals surface area (Å²) in [5, 5.41) is 11.9. The summed E-state index contributed by atoms with van der Waals surface area (Å²) < 4.78 is 13.6. The molecule has 0 saturated carbocycles. The van der Waals surface area contributed by atoms with Crippen molar-refractivity contribution >= 4 is 28.5 Å². The SMILES string of the molecule is CC(CN(C)C(=O)Nc1ncc(Cc2ccccc2F)s1)C(=O)O. The first kappa shape index (κ1) is 17.9.